The molecule has 17 heavy (non-hydrogen) atoms. The van der Waals surface area contributed by atoms with Crippen molar-refractivity contribution in [1.29, 1.82) is 0 Å². The first kappa shape index (κ1) is 15.0. The van der Waals surface area contributed by atoms with Crippen molar-refractivity contribution in [3.8, 4) is 0 Å². The topological polar surface area (TPSA) is 35.2 Å². The van der Waals surface area contributed by atoms with Gasteiger partial charge in [0.1, 0.15) is 0 Å². The van der Waals surface area contributed by atoms with Crippen molar-refractivity contribution in [2.75, 3.05) is 0 Å². The summed E-state index contributed by atoms with van der Waals surface area (Å²) >= 11 is -1.94. The molecule has 2 atom stereocenters. The fourth-order valence-corrected chi connectivity index (χ4v) is 8.21. The Morgan fingerprint density at radius 1 is 1.24 bits per heavy atom. The van der Waals surface area contributed by atoms with Gasteiger partial charge in [0.25, 0.3) is 0 Å². The summed E-state index contributed by atoms with van der Waals surface area (Å²) in [6, 6.07) is 8.66. The van der Waals surface area contributed by atoms with E-state index < -0.39 is 20.2 Å². The molecule has 3 heteroatoms. The van der Waals surface area contributed by atoms with E-state index in [0.717, 1.165) is 6.42 Å². The quantitative estimate of drug-likeness (QED) is 0.808. The van der Waals surface area contributed by atoms with Crippen LogP contribution in [0.2, 0.25) is 4.44 Å². The third-order valence-electron chi connectivity index (χ3n) is 2.99. The van der Waals surface area contributed by atoms with Crippen LogP contribution in [0.4, 0.5) is 0 Å². The molecular formula is C14H24NOSn+. The molecule has 0 fully saturated rings. The van der Waals surface area contributed by atoms with E-state index in [4.69, 9.17) is 8.81 Å². The second-order valence-electron chi connectivity index (χ2n) is 4.49. The minimum atomic E-state index is -1.94. The van der Waals surface area contributed by atoms with Gasteiger partial charge in [-0.3, -0.25) is 0 Å². The molecule has 94 valence electrons. The molecule has 1 rings (SSSR count). The maximum atomic E-state index is 6.27. The molecule has 1 aromatic carbocycles. The summed E-state index contributed by atoms with van der Waals surface area (Å²) in [7, 11) is 0. The van der Waals surface area contributed by atoms with Crippen LogP contribution in [-0.2, 0) is 3.07 Å². The summed E-state index contributed by atoms with van der Waals surface area (Å²) in [6.07, 6.45) is 1.47. The van der Waals surface area contributed by atoms with Gasteiger partial charge in [-0.2, -0.15) is 0 Å². The fourth-order valence-electron chi connectivity index (χ4n) is 1.81. The van der Waals surface area contributed by atoms with Gasteiger partial charge in [-0.15, -0.1) is 0 Å². The van der Waals surface area contributed by atoms with Gasteiger partial charge in [-0.25, -0.2) is 0 Å². The molecule has 2 nitrogen and oxygen atoms in total. The van der Waals surface area contributed by atoms with Crippen LogP contribution in [0.3, 0.4) is 0 Å². The van der Waals surface area contributed by atoms with Crippen molar-refractivity contribution in [2.45, 2.75) is 50.7 Å². The number of benzene rings is 1. The SMILES string of the molecule is CCC(C)[O][Sn+]([CH2]C)[c]1ccccc1C(C)N. The van der Waals surface area contributed by atoms with Gasteiger partial charge >= 0.3 is 113 Å². The summed E-state index contributed by atoms with van der Waals surface area (Å²) in [4.78, 5) is 0. The first-order valence-electron chi connectivity index (χ1n) is 6.47. The van der Waals surface area contributed by atoms with Crippen molar-refractivity contribution in [1.82, 2.24) is 0 Å². The van der Waals surface area contributed by atoms with Crippen LogP contribution in [0, 0.1) is 0 Å². The van der Waals surface area contributed by atoms with E-state index in [9.17, 15) is 0 Å². The van der Waals surface area contributed by atoms with Gasteiger partial charge in [-0.05, 0) is 0 Å². The normalized spacial score (nSPS) is 14.4. The Morgan fingerprint density at radius 3 is 2.41 bits per heavy atom. The molecule has 0 aliphatic carbocycles. The van der Waals surface area contributed by atoms with Crippen LogP contribution in [0.1, 0.15) is 45.7 Å². The Kier molecular flexibility index (Phi) is 6.52. The van der Waals surface area contributed by atoms with Crippen molar-refractivity contribution in [2.24, 2.45) is 5.73 Å². The standard InChI is InChI=1S/C8H10N.C4H9O.C2H5.Sn/c1-7(9)8-5-3-2-4-6-8;1-3-4(2)5;1-2;/h2-5,7H,9H2,1H3;4H,3H2,1-2H3;1H2,2H3;/q;-1;;+2. The van der Waals surface area contributed by atoms with Crippen molar-refractivity contribution in [3.63, 3.8) is 0 Å². The summed E-state index contributed by atoms with van der Waals surface area (Å²) in [5.41, 5.74) is 7.33. The van der Waals surface area contributed by atoms with Gasteiger partial charge in [0.15, 0.2) is 0 Å². The molecule has 0 aromatic heterocycles. The van der Waals surface area contributed by atoms with Crippen LogP contribution >= 0.6 is 0 Å². The summed E-state index contributed by atoms with van der Waals surface area (Å²) < 4.78 is 8.88. The molecule has 0 aliphatic rings. The third kappa shape index (κ3) is 4.27. The number of hydrogen-bond donors (Lipinski definition) is 1. The molecule has 2 unspecified atom stereocenters. The number of nitrogens with two attached hydrogens (primary N) is 1. The first-order chi connectivity index (χ1) is 8.10. The van der Waals surface area contributed by atoms with Gasteiger partial charge in [-0.1, -0.05) is 0 Å². The van der Waals surface area contributed by atoms with Gasteiger partial charge in [0.2, 0.25) is 0 Å². The van der Waals surface area contributed by atoms with Gasteiger partial charge in [0, 0.05) is 0 Å². The zero-order valence-corrected chi connectivity index (χ0v) is 14.2. The zero-order chi connectivity index (χ0) is 12.8. The van der Waals surface area contributed by atoms with Gasteiger partial charge in [0.05, 0.1) is 0 Å². The van der Waals surface area contributed by atoms with Crippen molar-refractivity contribution >= 4 is 23.8 Å². The predicted molar refractivity (Wildman–Crippen MR) is 75.8 cm³/mol. The van der Waals surface area contributed by atoms with E-state index in [1.807, 2.05) is 0 Å². The molecule has 2 N–H and O–H groups in total. The second-order valence-corrected chi connectivity index (χ2v) is 11.1. The molecule has 0 bridgehead atoms. The Balaban J connectivity index is 2.94. The van der Waals surface area contributed by atoms with E-state index in [0.29, 0.717) is 6.10 Å². The van der Waals surface area contributed by atoms with E-state index in [-0.39, 0.29) is 6.04 Å². The number of rotatable bonds is 6. The summed E-state index contributed by atoms with van der Waals surface area (Å²) in [6.45, 7) is 8.65. The third-order valence-corrected chi connectivity index (χ3v) is 9.80. The van der Waals surface area contributed by atoms with Crippen molar-refractivity contribution < 1.29 is 3.07 Å². The molecule has 0 aliphatic heterocycles. The van der Waals surface area contributed by atoms with Crippen LogP contribution in [0.25, 0.3) is 0 Å². The predicted octanol–water partition coefficient (Wildman–Crippen LogP) is 2.74. The second kappa shape index (κ2) is 7.39. The van der Waals surface area contributed by atoms with E-state index in [1.165, 1.54) is 13.6 Å². The van der Waals surface area contributed by atoms with Crippen molar-refractivity contribution in [3.05, 3.63) is 29.8 Å². The molecule has 0 spiro atoms. The Morgan fingerprint density at radius 2 is 1.88 bits per heavy atom. The van der Waals surface area contributed by atoms with Crippen LogP contribution < -0.4 is 9.31 Å². The minimum absolute atomic E-state index is 0.105. The average Bonchev–Trinajstić information content (AvgIpc) is 2.35. The van der Waals surface area contributed by atoms with E-state index in [1.54, 1.807) is 0 Å². The van der Waals surface area contributed by atoms with E-state index >= 15 is 0 Å². The molecule has 0 amide bonds. The monoisotopic (exact) mass is 342 g/mol. The van der Waals surface area contributed by atoms with Crippen LogP contribution in [0.15, 0.2) is 24.3 Å². The molecule has 1 aromatic rings. The Bertz CT molecular complexity index is 341. The zero-order valence-electron chi connectivity index (χ0n) is 11.4. The first-order valence-corrected chi connectivity index (χ1v) is 11.1. The maximum absolute atomic E-state index is 6.27. The fraction of sp³-hybridized carbons (Fsp3) is 0.571. The van der Waals surface area contributed by atoms with Crippen LogP contribution in [0.5, 0.6) is 0 Å². The van der Waals surface area contributed by atoms with Gasteiger partial charge < -0.3 is 0 Å². The molecule has 0 heterocycles. The van der Waals surface area contributed by atoms with E-state index in [2.05, 4.69) is 52.0 Å². The van der Waals surface area contributed by atoms with Crippen LogP contribution in [-0.4, -0.2) is 26.3 Å². The molecule has 0 saturated heterocycles. The molecule has 0 saturated carbocycles. The summed E-state index contributed by atoms with van der Waals surface area (Å²) in [5, 5.41) is 0. The molecule has 0 radical (unpaired) electrons. The summed E-state index contributed by atoms with van der Waals surface area (Å²) in [5.74, 6) is 0. The average molecular weight is 341 g/mol. The Labute approximate surface area is 113 Å². The number of hydrogen-bond acceptors (Lipinski definition) is 2. The molecular weight excluding hydrogens is 317 g/mol. The Hall–Kier alpha value is -0.0613.